The van der Waals surface area contributed by atoms with Crippen LogP contribution < -0.4 is 5.73 Å². The summed E-state index contributed by atoms with van der Waals surface area (Å²) in [6, 6.07) is 3.75. The normalized spacial score (nSPS) is 10.8. The molecule has 2 N–H and O–H groups in total. The number of aromatic nitrogens is 1. The van der Waals surface area contributed by atoms with Crippen molar-refractivity contribution in [2.45, 2.75) is 6.92 Å². The standard InChI is InChI=1S/C10H8ClIN2/c1-5-2-6(11)3-7-9(13)8(12)4-14-10(5)7/h2-4H,1H3,(H2,13,14). The van der Waals surface area contributed by atoms with Crippen LogP contribution in [0.1, 0.15) is 5.56 Å². The molecule has 0 fully saturated rings. The van der Waals surface area contributed by atoms with Crippen molar-refractivity contribution in [1.29, 1.82) is 0 Å². The van der Waals surface area contributed by atoms with Crippen molar-refractivity contribution < 1.29 is 0 Å². The number of benzene rings is 1. The van der Waals surface area contributed by atoms with Gasteiger partial charge < -0.3 is 5.73 Å². The molecule has 0 spiro atoms. The topological polar surface area (TPSA) is 38.9 Å². The number of rotatable bonds is 0. The quantitative estimate of drug-likeness (QED) is 0.756. The Bertz CT molecular complexity index is 511. The molecule has 0 amide bonds. The molecule has 0 aliphatic carbocycles. The minimum absolute atomic E-state index is 0.700. The fraction of sp³-hybridized carbons (Fsp3) is 0.100. The highest BCUT2D eigenvalue weighted by molar-refractivity contribution is 14.1. The molecule has 0 unspecified atom stereocenters. The molecule has 2 rings (SSSR count). The second-order valence-corrected chi connectivity index (χ2v) is 4.74. The summed E-state index contributed by atoms with van der Waals surface area (Å²) in [6.45, 7) is 1.98. The van der Waals surface area contributed by atoms with Crippen molar-refractivity contribution >= 4 is 50.8 Å². The molecule has 1 heterocycles. The van der Waals surface area contributed by atoms with Gasteiger partial charge in [0.25, 0.3) is 0 Å². The number of fused-ring (bicyclic) bond motifs is 1. The molecule has 0 saturated carbocycles. The van der Waals surface area contributed by atoms with Gasteiger partial charge in [0.1, 0.15) is 0 Å². The first-order chi connectivity index (χ1) is 6.59. The Morgan fingerprint density at radius 1 is 1.43 bits per heavy atom. The number of aryl methyl sites for hydroxylation is 1. The van der Waals surface area contributed by atoms with Gasteiger partial charge in [-0.3, -0.25) is 4.98 Å². The average molecular weight is 319 g/mol. The van der Waals surface area contributed by atoms with Gasteiger partial charge in [0, 0.05) is 16.6 Å². The summed E-state index contributed by atoms with van der Waals surface area (Å²) in [7, 11) is 0. The fourth-order valence-corrected chi connectivity index (χ4v) is 2.13. The minimum Gasteiger partial charge on any atom is -0.397 e. The third kappa shape index (κ3) is 1.54. The van der Waals surface area contributed by atoms with Gasteiger partial charge in [-0.15, -0.1) is 0 Å². The number of pyridine rings is 1. The van der Waals surface area contributed by atoms with Crippen molar-refractivity contribution in [2.24, 2.45) is 0 Å². The SMILES string of the molecule is Cc1cc(Cl)cc2c(N)c(I)cnc12. The summed E-state index contributed by atoms with van der Waals surface area (Å²) in [5.41, 5.74) is 8.68. The predicted octanol–water partition coefficient (Wildman–Crippen LogP) is 3.38. The van der Waals surface area contributed by atoms with Crippen LogP contribution in [-0.4, -0.2) is 4.98 Å². The Morgan fingerprint density at radius 3 is 2.86 bits per heavy atom. The molecule has 1 aromatic heterocycles. The molecule has 0 saturated heterocycles. The average Bonchev–Trinajstić information content (AvgIpc) is 2.12. The van der Waals surface area contributed by atoms with Crippen molar-refractivity contribution in [3.63, 3.8) is 0 Å². The van der Waals surface area contributed by atoms with Crippen LogP contribution in [0.4, 0.5) is 5.69 Å². The first-order valence-corrected chi connectivity index (χ1v) is 5.55. The van der Waals surface area contributed by atoms with E-state index in [0.29, 0.717) is 5.02 Å². The van der Waals surface area contributed by atoms with Crippen molar-refractivity contribution in [1.82, 2.24) is 4.98 Å². The molecule has 4 heteroatoms. The number of hydrogen-bond donors (Lipinski definition) is 1. The molecule has 2 nitrogen and oxygen atoms in total. The zero-order valence-electron chi connectivity index (χ0n) is 7.51. The maximum absolute atomic E-state index is 5.96. The molecule has 2 aromatic rings. The third-order valence-electron chi connectivity index (χ3n) is 2.12. The highest BCUT2D eigenvalue weighted by Crippen LogP contribution is 2.28. The van der Waals surface area contributed by atoms with Gasteiger partial charge in [0.05, 0.1) is 14.8 Å². The van der Waals surface area contributed by atoms with E-state index in [1.807, 2.05) is 19.1 Å². The first kappa shape index (κ1) is 9.98. The number of halogens is 2. The lowest BCUT2D eigenvalue weighted by molar-refractivity contribution is 1.35. The van der Waals surface area contributed by atoms with E-state index in [4.69, 9.17) is 17.3 Å². The smallest absolute Gasteiger partial charge is 0.0753 e. The number of hydrogen-bond acceptors (Lipinski definition) is 2. The zero-order valence-corrected chi connectivity index (χ0v) is 10.4. The van der Waals surface area contributed by atoms with E-state index in [0.717, 1.165) is 25.7 Å². The molecule has 14 heavy (non-hydrogen) atoms. The molecule has 0 atom stereocenters. The summed E-state index contributed by atoms with van der Waals surface area (Å²) in [4.78, 5) is 4.34. The van der Waals surface area contributed by atoms with Crippen LogP contribution in [0.5, 0.6) is 0 Å². The fourth-order valence-electron chi connectivity index (χ4n) is 1.43. The van der Waals surface area contributed by atoms with E-state index in [9.17, 15) is 0 Å². The van der Waals surface area contributed by atoms with Crippen molar-refractivity contribution in [3.8, 4) is 0 Å². The summed E-state index contributed by atoms with van der Waals surface area (Å²) in [6.07, 6.45) is 1.78. The number of nitrogens with zero attached hydrogens (tertiary/aromatic N) is 1. The summed E-state index contributed by atoms with van der Waals surface area (Å²) >= 11 is 8.13. The van der Waals surface area contributed by atoms with Crippen LogP contribution in [0.15, 0.2) is 18.3 Å². The lowest BCUT2D eigenvalue weighted by Gasteiger charge is -2.06. The van der Waals surface area contributed by atoms with Gasteiger partial charge in [-0.1, -0.05) is 11.6 Å². The second kappa shape index (κ2) is 3.55. The Balaban J connectivity index is 2.95. The highest BCUT2D eigenvalue weighted by atomic mass is 127. The minimum atomic E-state index is 0.700. The summed E-state index contributed by atoms with van der Waals surface area (Å²) in [5, 5.41) is 1.63. The lowest BCUT2D eigenvalue weighted by Crippen LogP contribution is -1.94. The first-order valence-electron chi connectivity index (χ1n) is 4.09. The monoisotopic (exact) mass is 318 g/mol. The Hall–Kier alpha value is -0.550. The second-order valence-electron chi connectivity index (χ2n) is 3.14. The van der Waals surface area contributed by atoms with Crippen LogP contribution in [0.3, 0.4) is 0 Å². The van der Waals surface area contributed by atoms with E-state index < -0.39 is 0 Å². The van der Waals surface area contributed by atoms with Gasteiger partial charge in [0.2, 0.25) is 0 Å². The maximum atomic E-state index is 5.96. The molecule has 0 aliphatic rings. The number of nitrogens with two attached hydrogens (primary N) is 1. The van der Waals surface area contributed by atoms with Crippen LogP contribution in [0.25, 0.3) is 10.9 Å². The zero-order chi connectivity index (χ0) is 10.3. The van der Waals surface area contributed by atoms with Gasteiger partial charge in [-0.05, 0) is 47.2 Å². The Morgan fingerprint density at radius 2 is 2.14 bits per heavy atom. The Labute approximate surface area is 101 Å². The Kier molecular flexibility index (Phi) is 2.53. The molecule has 0 aliphatic heterocycles. The van der Waals surface area contributed by atoms with Crippen LogP contribution in [0.2, 0.25) is 5.02 Å². The van der Waals surface area contributed by atoms with E-state index in [1.54, 1.807) is 6.20 Å². The molecular formula is C10H8ClIN2. The van der Waals surface area contributed by atoms with E-state index in [-0.39, 0.29) is 0 Å². The van der Waals surface area contributed by atoms with Crippen LogP contribution >= 0.6 is 34.2 Å². The van der Waals surface area contributed by atoms with E-state index in [1.165, 1.54) is 0 Å². The van der Waals surface area contributed by atoms with Gasteiger partial charge in [-0.25, -0.2) is 0 Å². The van der Waals surface area contributed by atoms with Crippen molar-refractivity contribution in [2.75, 3.05) is 5.73 Å². The summed E-state index contributed by atoms with van der Waals surface area (Å²) < 4.78 is 0.955. The number of anilines is 1. The van der Waals surface area contributed by atoms with Gasteiger partial charge in [-0.2, -0.15) is 0 Å². The largest absolute Gasteiger partial charge is 0.397 e. The highest BCUT2D eigenvalue weighted by Gasteiger charge is 2.06. The van der Waals surface area contributed by atoms with Gasteiger partial charge >= 0.3 is 0 Å². The maximum Gasteiger partial charge on any atom is 0.0753 e. The van der Waals surface area contributed by atoms with E-state index >= 15 is 0 Å². The lowest BCUT2D eigenvalue weighted by atomic mass is 10.1. The molecule has 72 valence electrons. The van der Waals surface area contributed by atoms with E-state index in [2.05, 4.69) is 27.6 Å². The molecular weight excluding hydrogens is 310 g/mol. The molecule has 1 aromatic carbocycles. The van der Waals surface area contributed by atoms with Gasteiger partial charge in [0.15, 0.2) is 0 Å². The van der Waals surface area contributed by atoms with Crippen molar-refractivity contribution in [3.05, 3.63) is 32.5 Å². The third-order valence-corrected chi connectivity index (χ3v) is 3.20. The van der Waals surface area contributed by atoms with Crippen LogP contribution in [0, 0.1) is 10.5 Å². The predicted molar refractivity (Wildman–Crippen MR) is 68.6 cm³/mol. The number of nitrogen functional groups attached to an aromatic ring is 1. The molecule has 0 bridgehead atoms. The van der Waals surface area contributed by atoms with Crippen LogP contribution in [-0.2, 0) is 0 Å². The summed E-state index contributed by atoms with van der Waals surface area (Å²) in [5.74, 6) is 0. The molecule has 0 radical (unpaired) electrons.